The quantitative estimate of drug-likeness (QED) is 0.227. The summed E-state index contributed by atoms with van der Waals surface area (Å²) in [6, 6.07) is 17.9. The molecule has 0 aliphatic carbocycles. The average molecular weight is 458 g/mol. The van der Waals surface area contributed by atoms with Gasteiger partial charge in [0.2, 0.25) is 0 Å². The first-order valence-corrected chi connectivity index (χ1v) is 11.2. The maximum Gasteiger partial charge on any atom is 0.419 e. The van der Waals surface area contributed by atoms with Gasteiger partial charge >= 0.3 is 11.7 Å². The number of fused-ring (bicyclic) bond motifs is 1. The van der Waals surface area contributed by atoms with Crippen molar-refractivity contribution in [3.8, 4) is 0 Å². The molecular formula is C26H22N2O6. The molecular weight excluding hydrogens is 436 g/mol. The molecule has 172 valence electrons. The van der Waals surface area contributed by atoms with Gasteiger partial charge in [-0.1, -0.05) is 36.4 Å². The predicted molar refractivity (Wildman–Crippen MR) is 125 cm³/mol. The SMILES string of the molecule is O=C(CCCN1C(=O)c2cccc3cccc(c23)C1=O)OCCCn1c(=O)oc2ccccc21. The van der Waals surface area contributed by atoms with Gasteiger partial charge in [-0.3, -0.25) is 23.9 Å². The van der Waals surface area contributed by atoms with Crippen molar-refractivity contribution in [3.63, 3.8) is 0 Å². The number of aromatic nitrogens is 1. The van der Waals surface area contributed by atoms with Crippen LogP contribution in [0, 0.1) is 0 Å². The number of ether oxygens (including phenoxy) is 1. The summed E-state index contributed by atoms with van der Waals surface area (Å²) < 4.78 is 12.0. The number of esters is 1. The Morgan fingerprint density at radius 1 is 0.824 bits per heavy atom. The molecule has 34 heavy (non-hydrogen) atoms. The summed E-state index contributed by atoms with van der Waals surface area (Å²) in [4.78, 5) is 51.1. The Morgan fingerprint density at radius 2 is 1.53 bits per heavy atom. The van der Waals surface area contributed by atoms with Gasteiger partial charge in [0.05, 0.1) is 12.1 Å². The second kappa shape index (κ2) is 8.97. The molecule has 3 aromatic carbocycles. The van der Waals surface area contributed by atoms with Crippen molar-refractivity contribution < 1.29 is 23.5 Å². The van der Waals surface area contributed by atoms with Crippen LogP contribution >= 0.6 is 0 Å². The second-order valence-electron chi connectivity index (χ2n) is 8.14. The van der Waals surface area contributed by atoms with Crippen LogP contribution in [-0.4, -0.2) is 40.4 Å². The second-order valence-corrected chi connectivity index (χ2v) is 8.14. The maximum atomic E-state index is 12.9. The summed E-state index contributed by atoms with van der Waals surface area (Å²) in [5, 5.41) is 1.53. The van der Waals surface area contributed by atoms with Gasteiger partial charge < -0.3 is 9.15 Å². The molecule has 1 aromatic heterocycles. The Balaban J connectivity index is 1.12. The van der Waals surface area contributed by atoms with Gasteiger partial charge in [0.25, 0.3) is 11.8 Å². The minimum Gasteiger partial charge on any atom is -0.466 e. The number of rotatable bonds is 8. The fourth-order valence-electron chi connectivity index (χ4n) is 4.37. The van der Waals surface area contributed by atoms with Crippen LogP contribution in [0.3, 0.4) is 0 Å². The van der Waals surface area contributed by atoms with E-state index < -0.39 is 11.7 Å². The fourth-order valence-corrected chi connectivity index (χ4v) is 4.37. The summed E-state index contributed by atoms with van der Waals surface area (Å²) in [5.74, 6) is -1.55. The van der Waals surface area contributed by atoms with Crippen molar-refractivity contribution in [1.29, 1.82) is 0 Å². The number of carbonyl (C=O) groups excluding carboxylic acids is 3. The van der Waals surface area contributed by atoms with Crippen LogP contribution in [-0.2, 0) is 16.1 Å². The van der Waals surface area contributed by atoms with Crippen molar-refractivity contribution in [1.82, 2.24) is 9.47 Å². The number of imide groups is 1. The third kappa shape index (κ3) is 3.87. The summed E-state index contributed by atoms with van der Waals surface area (Å²) in [6.45, 7) is 0.653. The summed E-state index contributed by atoms with van der Waals surface area (Å²) in [6.07, 6.45) is 0.844. The fraction of sp³-hybridized carbons (Fsp3) is 0.231. The summed E-state index contributed by atoms with van der Waals surface area (Å²) >= 11 is 0. The van der Waals surface area contributed by atoms with E-state index in [9.17, 15) is 19.2 Å². The van der Waals surface area contributed by atoms with E-state index in [0.29, 0.717) is 47.0 Å². The van der Waals surface area contributed by atoms with Crippen LogP contribution in [0.2, 0.25) is 0 Å². The molecule has 1 aliphatic heterocycles. The number of hydrogen-bond donors (Lipinski definition) is 0. The molecule has 0 saturated carbocycles. The molecule has 0 saturated heterocycles. The van der Waals surface area contributed by atoms with Gasteiger partial charge in [-0.15, -0.1) is 0 Å². The van der Waals surface area contributed by atoms with Gasteiger partial charge in [0, 0.05) is 36.0 Å². The van der Waals surface area contributed by atoms with E-state index >= 15 is 0 Å². The molecule has 4 aromatic rings. The number of benzene rings is 3. The first-order chi connectivity index (χ1) is 16.5. The lowest BCUT2D eigenvalue weighted by atomic mass is 9.94. The number of hydrogen-bond acceptors (Lipinski definition) is 6. The first-order valence-electron chi connectivity index (χ1n) is 11.2. The van der Waals surface area contributed by atoms with Gasteiger partial charge in [0.1, 0.15) is 0 Å². The smallest absolute Gasteiger partial charge is 0.419 e. The van der Waals surface area contributed by atoms with Crippen molar-refractivity contribution in [3.05, 3.63) is 82.3 Å². The van der Waals surface area contributed by atoms with E-state index in [1.54, 1.807) is 42.5 Å². The highest BCUT2D eigenvalue weighted by Gasteiger charge is 2.32. The topological polar surface area (TPSA) is 98.8 Å². The largest absolute Gasteiger partial charge is 0.466 e. The number of aryl methyl sites for hydroxylation is 1. The average Bonchev–Trinajstić information content (AvgIpc) is 3.17. The summed E-state index contributed by atoms with van der Waals surface area (Å²) in [5.41, 5.74) is 2.21. The molecule has 2 amide bonds. The molecule has 5 rings (SSSR count). The molecule has 0 unspecified atom stereocenters. The zero-order chi connectivity index (χ0) is 23.7. The number of para-hydroxylation sites is 2. The van der Waals surface area contributed by atoms with E-state index in [1.165, 1.54) is 9.47 Å². The Bertz CT molecular complexity index is 1430. The number of amides is 2. The van der Waals surface area contributed by atoms with E-state index in [-0.39, 0.29) is 31.4 Å². The number of oxazole rings is 1. The molecule has 8 nitrogen and oxygen atoms in total. The number of nitrogens with zero attached hydrogens (tertiary/aromatic N) is 2. The van der Waals surface area contributed by atoms with Crippen molar-refractivity contribution in [2.24, 2.45) is 0 Å². The first kappa shape index (κ1) is 21.6. The Morgan fingerprint density at radius 3 is 2.26 bits per heavy atom. The van der Waals surface area contributed by atoms with Crippen LogP contribution in [0.5, 0.6) is 0 Å². The van der Waals surface area contributed by atoms with Gasteiger partial charge in [-0.25, -0.2) is 4.79 Å². The van der Waals surface area contributed by atoms with Crippen molar-refractivity contribution in [2.75, 3.05) is 13.2 Å². The molecule has 0 N–H and O–H groups in total. The Hall–Kier alpha value is -4.20. The molecule has 2 heterocycles. The Labute approximate surface area is 194 Å². The zero-order valence-electron chi connectivity index (χ0n) is 18.4. The van der Waals surface area contributed by atoms with Gasteiger partial charge in [-0.2, -0.15) is 0 Å². The van der Waals surface area contributed by atoms with Crippen molar-refractivity contribution >= 4 is 39.7 Å². The van der Waals surface area contributed by atoms with E-state index in [0.717, 1.165) is 5.39 Å². The normalized spacial score (nSPS) is 13.1. The molecule has 0 spiro atoms. The predicted octanol–water partition coefficient (Wildman–Crippen LogP) is 3.76. The van der Waals surface area contributed by atoms with E-state index in [1.807, 2.05) is 18.2 Å². The molecule has 8 heteroatoms. The maximum absolute atomic E-state index is 12.9. The van der Waals surface area contributed by atoms with Crippen molar-refractivity contribution in [2.45, 2.75) is 25.8 Å². The summed E-state index contributed by atoms with van der Waals surface area (Å²) in [7, 11) is 0. The third-order valence-electron chi connectivity index (χ3n) is 5.98. The van der Waals surface area contributed by atoms with E-state index in [2.05, 4.69) is 0 Å². The van der Waals surface area contributed by atoms with Crippen LogP contribution in [0.15, 0.2) is 69.9 Å². The Kier molecular flexibility index (Phi) is 5.71. The highest BCUT2D eigenvalue weighted by Crippen LogP contribution is 2.30. The molecule has 0 atom stereocenters. The number of carbonyl (C=O) groups is 3. The van der Waals surface area contributed by atoms with Crippen LogP contribution in [0.4, 0.5) is 0 Å². The van der Waals surface area contributed by atoms with Gasteiger partial charge in [0.15, 0.2) is 5.58 Å². The minimum absolute atomic E-state index is 0.0808. The van der Waals surface area contributed by atoms with Gasteiger partial charge in [-0.05, 0) is 42.5 Å². The molecule has 0 radical (unpaired) electrons. The molecule has 1 aliphatic rings. The third-order valence-corrected chi connectivity index (χ3v) is 5.98. The standard InChI is InChI=1S/C26H22N2O6/c29-22(33-16-6-15-27-20-11-1-2-12-21(20)34-26(27)32)13-5-14-28-24(30)18-9-3-7-17-8-4-10-19(23(17)18)25(28)31/h1-4,7-12H,5-6,13-16H2. The lowest BCUT2D eigenvalue weighted by molar-refractivity contribution is -0.144. The monoisotopic (exact) mass is 458 g/mol. The van der Waals surface area contributed by atoms with Crippen LogP contribution in [0.1, 0.15) is 40.0 Å². The molecule has 0 bridgehead atoms. The highest BCUT2D eigenvalue weighted by molar-refractivity contribution is 6.25. The zero-order valence-corrected chi connectivity index (χ0v) is 18.4. The lowest BCUT2D eigenvalue weighted by Gasteiger charge is -2.27. The lowest BCUT2D eigenvalue weighted by Crippen LogP contribution is -2.41. The van der Waals surface area contributed by atoms with Crippen LogP contribution < -0.4 is 5.76 Å². The minimum atomic E-state index is -0.444. The molecule has 0 fully saturated rings. The highest BCUT2D eigenvalue weighted by atomic mass is 16.5. The van der Waals surface area contributed by atoms with Crippen LogP contribution in [0.25, 0.3) is 21.9 Å². The van der Waals surface area contributed by atoms with E-state index in [4.69, 9.17) is 9.15 Å².